The van der Waals surface area contributed by atoms with Crippen molar-refractivity contribution in [3.05, 3.63) is 29.8 Å². The van der Waals surface area contributed by atoms with Gasteiger partial charge in [0.25, 0.3) is 0 Å². The Morgan fingerprint density at radius 2 is 1.82 bits per heavy atom. The molecule has 1 unspecified atom stereocenters. The van der Waals surface area contributed by atoms with Crippen LogP contribution in [0.2, 0.25) is 0 Å². The normalized spacial score (nSPS) is 17.1. The van der Waals surface area contributed by atoms with Crippen LogP contribution in [0.4, 0.5) is 0 Å². The first-order valence-corrected chi connectivity index (χ1v) is 8.37. The van der Waals surface area contributed by atoms with Crippen molar-refractivity contribution in [2.24, 2.45) is 4.99 Å². The molecule has 1 heterocycles. The number of ether oxygens (including phenoxy) is 3. The fourth-order valence-corrected chi connectivity index (χ4v) is 3.09. The van der Waals surface area contributed by atoms with Gasteiger partial charge in [0, 0.05) is 5.92 Å². The molecular formula is C17H23NO3S. The Kier molecular flexibility index (Phi) is 6.19. The number of benzene rings is 1. The van der Waals surface area contributed by atoms with Gasteiger partial charge in [-0.1, -0.05) is 13.0 Å². The third kappa shape index (κ3) is 3.77. The van der Waals surface area contributed by atoms with E-state index >= 15 is 0 Å². The molecule has 22 heavy (non-hydrogen) atoms. The van der Waals surface area contributed by atoms with Crippen molar-refractivity contribution in [3.63, 3.8) is 0 Å². The lowest BCUT2D eigenvalue weighted by Crippen LogP contribution is -2.08. The van der Waals surface area contributed by atoms with Crippen LogP contribution in [-0.4, -0.2) is 38.7 Å². The van der Waals surface area contributed by atoms with Crippen LogP contribution in [0.15, 0.2) is 29.3 Å². The maximum Gasteiger partial charge on any atom is 0.203 e. The van der Waals surface area contributed by atoms with E-state index in [1.165, 1.54) is 0 Å². The Morgan fingerprint density at radius 3 is 2.27 bits per heavy atom. The van der Waals surface area contributed by atoms with Gasteiger partial charge in [-0.05, 0) is 35.9 Å². The van der Waals surface area contributed by atoms with Crippen LogP contribution in [0.3, 0.4) is 0 Å². The van der Waals surface area contributed by atoms with Gasteiger partial charge in [-0.25, -0.2) is 0 Å². The molecule has 0 amide bonds. The van der Waals surface area contributed by atoms with Crippen molar-refractivity contribution in [2.45, 2.75) is 19.3 Å². The summed E-state index contributed by atoms with van der Waals surface area (Å²) in [6.45, 7) is 2.93. The Hall–Kier alpha value is -1.62. The number of aliphatic imine (C=N–C) groups is 1. The molecule has 0 aliphatic carbocycles. The second kappa shape index (κ2) is 8.13. The Labute approximate surface area is 136 Å². The molecule has 0 saturated carbocycles. The standard InChI is InChI=1S/C17H23NO3S/c1-5-8-22-16-7-6-12(11-18-16)13-9-14(19-2)17(21-4)15(10-13)20-3/h6-7,9-10,12H,5,8,11H2,1-4H3. The van der Waals surface area contributed by atoms with Crippen molar-refractivity contribution in [1.29, 1.82) is 0 Å². The first kappa shape index (κ1) is 16.7. The number of hydrogen-bond donors (Lipinski definition) is 0. The van der Waals surface area contributed by atoms with Crippen LogP contribution in [0.1, 0.15) is 24.8 Å². The highest BCUT2D eigenvalue weighted by molar-refractivity contribution is 8.14. The van der Waals surface area contributed by atoms with Crippen LogP contribution in [0.25, 0.3) is 0 Å². The number of methoxy groups -OCH3 is 3. The minimum atomic E-state index is 0.236. The molecule has 1 aliphatic rings. The lowest BCUT2D eigenvalue weighted by Gasteiger charge is -2.19. The smallest absolute Gasteiger partial charge is 0.203 e. The summed E-state index contributed by atoms with van der Waals surface area (Å²) in [5, 5.41) is 1.12. The monoisotopic (exact) mass is 321 g/mol. The van der Waals surface area contributed by atoms with Crippen LogP contribution < -0.4 is 14.2 Å². The largest absolute Gasteiger partial charge is 0.493 e. The van der Waals surface area contributed by atoms with Crippen molar-refractivity contribution in [2.75, 3.05) is 33.6 Å². The molecule has 0 N–H and O–H groups in total. The summed E-state index contributed by atoms with van der Waals surface area (Å²) in [5.74, 6) is 3.33. The van der Waals surface area contributed by atoms with Crippen molar-refractivity contribution >= 4 is 16.8 Å². The first-order chi connectivity index (χ1) is 10.7. The van der Waals surface area contributed by atoms with Crippen LogP contribution in [0, 0.1) is 0 Å². The summed E-state index contributed by atoms with van der Waals surface area (Å²) >= 11 is 1.81. The SMILES string of the molecule is CCCSC1=NCC(c2cc(OC)c(OC)c(OC)c2)C=C1. The zero-order valence-electron chi connectivity index (χ0n) is 13.6. The molecule has 4 nitrogen and oxygen atoms in total. The third-order valence-corrected chi connectivity index (χ3v) is 4.66. The fourth-order valence-electron chi connectivity index (χ4n) is 2.33. The quantitative estimate of drug-likeness (QED) is 0.796. The minimum Gasteiger partial charge on any atom is -0.493 e. The van der Waals surface area contributed by atoms with Gasteiger partial charge in [-0.15, -0.1) is 11.8 Å². The van der Waals surface area contributed by atoms with E-state index in [-0.39, 0.29) is 5.92 Å². The second-order valence-corrected chi connectivity index (χ2v) is 6.07. The van der Waals surface area contributed by atoms with Crippen molar-refractivity contribution in [3.8, 4) is 17.2 Å². The molecule has 1 aromatic carbocycles. The second-order valence-electron chi connectivity index (χ2n) is 4.95. The molecular weight excluding hydrogens is 298 g/mol. The number of rotatable bonds is 6. The van der Waals surface area contributed by atoms with E-state index in [0.29, 0.717) is 17.2 Å². The van der Waals surface area contributed by atoms with E-state index in [4.69, 9.17) is 14.2 Å². The van der Waals surface area contributed by atoms with E-state index in [9.17, 15) is 0 Å². The van der Waals surface area contributed by atoms with Crippen LogP contribution >= 0.6 is 11.8 Å². The highest BCUT2D eigenvalue weighted by Gasteiger charge is 2.19. The summed E-state index contributed by atoms with van der Waals surface area (Å²) in [4.78, 5) is 4.66. The number of dihydropyridines is 1. The molecule has 0 fully saturated rings. The molecule has 2 rings (SSSR count). The van der Waals surface area contributed by atoms with Gasteiger partial charge >= 0.3 is 0 Å². The third-order valence-electron chi connectivity index (χ3n) is 3.48. The highest BCUT2D eigenvalue weighted by Crippen LogP contribution is 2.40. The molecule has 0 radical (unpaired) electrons. The van der Waals surface area contributed by atoms with Crippen LogP contribution in [0.5, 0.6) is 17.2 Å². The maximum absolute atomic E-state index is 5.42. The average Bonchev–Trinajstić information content (AvgIpc) is 2.58. The number of nitrogens with zero attached hydrogens (tertiary/aromatic N) is 1. The molecule has 1 aliphatic heterocycles. The van der Waals surface area contributed by atoms with E-state index < -0.39 is 0 Å². The number of thioether (sulfide) groups is 1. The zero-order chi connectivity index (χ0) is 15.9. The molecule has 0 spiro atoms. The Balaban J connectivity index is 2.20. The first-order valence-electron chi connectivity index (χ1n) is 7.38. The summed E-state index contributed by atoms with van der Waals surface area (Å²) in [6.07, 6.45) is 5.47. The Morgan fingerprint density at radius 1 is 1.14 bits per heavy atom. The lowest BCUT2D eigenvalue weighted by atomic mass is 9.96. The van der Waals surface area contributed by atoms with Gasteiger partial charge in [-0.3, -0.25) is 4.99 Å². The summed E-state index contributed by atoms with van der Waals surface area (Å²) in [6, 6.07) is 3.99. The highest BCUT2D eigenvalue weighted by atomic mass is 32.2. The lowest BCUT2D eigenvalue weighted by molar-refractivity contribution is 0.323. The molecule has 1 atom stereocenters. The van der Waals surface area contributed by atoms with Gasteiger partial charge in [0.2, 0.25) is 5.75 Å². The molecule has 1 aromatic rings. The predicted molar refractivity (Wildman–Crippen MR) is 93.0 cm³/mol. The van der Waals surface area contributed by atoms with Crippen molar-refractivity contribution in [1.82, 2.24) is 0 Å². The van der Waals surface area contributed by atoms with Crippen LogP contribution in [-0.2, 0) is 0 Å². The molecule has 120 valence electrons. The summed E-state index contributed by atoms with van der Waals surface area (Å²) in [7, 11) is 4.88. The minimum absolute atomic E-state index is 0.236. The van der Waals surface area contributed by atoms with Gasteiger partial charge < -0.3 is 14.2 Å². The zero-order valence-corrected chi connectivity index (χ0v) is 14.4. The molecule has 0 aromatic heterocycles. The van der Waals surface area contributed by atoms with E-state index in [1.807, 2.05) is 23.9 Å². The van der Waals surface area contributed by atoms with Gasteiger partial charge in [-0.2, -0.15) is 0 Å². The molecule has 0 saturated heterocycles. The topological polar surface area (TPSA) is 40.0 Å². The molecule has 0 bridgehead atoms. The van der Waals surface area contributed by atoms with Crippen molar-refractivity contribution < 1.29 is 14.2 Å². The van der Waals surface area contributed by atoms with E-state index in [1.54, 1.807) is 21.3 Å². The summed E-state index contributed by atoms with van der Waals surface area (Å²) < 4.78 is 16.2. The van der Waals surface area contributed by atoms with E-state index in [2.05, 4.69) is 24.1 Å². The average molecular weight is 321 g/mol. The Bertz CT molecular complexity index is 544. The maximum atomic E-state index is 5.42. The van der Waals surface area contributed by atoms with Gasteiger partial charge in [0.15, 0.2) is 11.5 Å². The van der Waals surface area contributed by atoms with E-state index in [0.717, 1.165) is 29.3 Å². The summed E-state index contributed by atoms with van der Waals surface area (Å²) in [5.41, 5.74) is 1.12. The predicted octanol–water partition coefficient (Wildman–Crippen LogP) is 3.91. The number of hydrogen-bond acceptors (Lipinski definition) is 5. The van der Waals surface area contributed by atoms with Gasteiger partial charge in [0.05, 0.1) is 32.9 Å². The fraction of sp³-hybridized carbons (Fsp3) is 0.471. The molecule has 5 heteroatoms. The van der Waals surface area contributed by atoms with Gasteiger partial charge in [0.1, 0.15) is 0 Å².